The van der Waals surface area contributed by atoms with Gasteiger partial charge in [0.1, 0.15) is 12.0 Å². The molecule has 1 aromatic carbocycles. The maximum absolute atomic E-state index is 13.4. The lowest BCUT2D eigenvalue weighted by atomic mass is 9.90. The number of anilines is 2. The van der Waals surface area contributed by atoms with Crippen molar-refractivity contribution in [2.24, 2.45) is 0 Å². The first kappa shape index (κ1) is 22.3. The monoisotopic (exact) mass is 466 g/mol. The van der Waals surface area contributed by atoms with Crippen molar-refractivity contribution in [2.45, 2.75) is 43.9 Å². The molecule has 0 spiro atoms. The van der Waals surface area contributed by atoms with Crippen molar-refractivity contribution in [1.29, 1.82) is 0 Å². The van der Waals surface area contributed by atoms with E-state index in [1.54, 1.807) is 19.2 Å². The van der Waals surface area contributed by atoms with Crippen LogP contribution in [0.3, 0.4) is 0 Å². The van der Waals surface area contributed by atoms with Gasteiger partial charge in [0.25, 0.3) is 0 Å². The number of pyridine rings is 1. The molecule has 32 heavy (non-hydrogen) atoms. The molecule has 170 valence electrons. The molecule has 1 saturated carbocycles. The molecule has 10 heteroatoms. The minimum absolute atomic E-state index is 0.109. The topological polar surface area (TPSA) is 70.4 Å². The van der Waals surface area contributed by atoms with Crippen LogP contribution in [0.15, 0.2) is 47.3 Å². The lowest BCUT2D eigenvalue weighted by Gasteiger charge is -2.32. The van der Waals surface area contributed by atoms with Crippen molar-refractivity contribution >= 4 is 39.9 Å². The van der Waals surface area contributed by atoms with E-state index in [1.165, 1.54) is 29.6 Å². The number of nitrogens with zero attached hydrogens (tertiary/aromatic N) is 2. The van der Waals surface area contributed by atoms with Crippen LogP contribution in [0.1, 0.15) is 31.4 Å². The van der Waals surface area contributed by atoms with E-state index in [2.05, 4.69) is 15.6 Å². The van der Waals surface area contributed by atoms with Gasteiger partial charge in [0, 0.05) is 41.3 Å². The van der Waals surface area contributed by atoms with Gasteiger partial charge in [0.2, 0.25) is 0 Å². The Bertz CT molecular complexity index is 1100. The van der Waals surface area contributed by atoms with Crippen LogP contribution >= 0.6 is 11.6 Å². The maximum atomic E-state index is 13.4. The summed E-state index contributed by atoms with van der Waals surface area (Å²) in [4.78, 5) is 17.7. The molecule has 2 aromatic heterocycles. The SMILES string of the molecule is CN(C(=O)N[C@@H]1CCC[C@H](Nc2cc(C(F)(F)F)nc3ccc(Cl)cc23)C1)c1ccoc1. The van der Waals surface area contributed by atoms with E-state index in [1.807, 2.05) is 0 Å². The summed E-state index contributed by atoms with van der Waals surface area (Å²) in [6.45, 7) is 0. The number of fused-ring (bicyclic) bond motifs is 1. The highest BCUT2D eigenvalue weighted by Gasteiger charge is 2.34. The van der Waals surface area contributed by atoms with Crippen LogP contribution in [0, 0.1) is 0 Å². The van der Waals surface area contributed by atoms with Crippen LogP contribution in [0.4, 0.5) is 29.3 Å². The van der Waals surface area contributed by atoms with Crippen LogP contribution in [0.25, 0.3) is 10.9 Å². The second-order valence-electron chi connectivity index (χ2n) is 7.91. The van der Waals surface area contributed by atoms with Gasteiger partial charge >= 0.3 is 12.2 Å². The van der Waals surface area contributed by atoms with Gasteiger partial charge in [0.05, 0.1) is 17.5 Å². The molecule has 2 N–H and O–H groups in total. The van der Waals surface area contributed by atoms with Gasteiger partial charge < -0.3 is 15.1 Å². The van der Waals surface area contributed by atoms with Gasteiger partial charge in [-0.1, -0.05) is 11.6 Å². The fourth-order valence-electron chi connectivity index (χ4n) is 3.97. The van der Waals surface area contributed by atoms with Crippen molar-refractivity contribution in [3.8, 4) is 0 Å². The maximum Gasteiger partial charge on any atom is 0.433 e. The summed E-state index contributed by atoms with van der Waals surface area (Å²) in [5.41, 5.74) is 0.219. The van der Waals surface area contributed by atoms with Crippen molar-refractivity contribution in [3.63, 3.8) is 0 Å². The Kier molecular flexibility index (Phi) is 6.19. The van der Waals surface area contributed by atoms with Crippen LogP contribution in [0.5, 0.6) is 0 Å². The number of rotatable bonds is 4. The van der Waals surface area contributed by atoms with Gasteiger partial charge in [0.15, 0.2) is 0 Å². The number of carbonyl (C=O) groups excluding carboxylic acids is 1. The molecule has 1 aliphatic carbocycles. The zero-order valence-electron chi connectivity index (χ0n) is 17.2. The number of urea groups is 1. The third-order valence-electron chi connectivity index (χ3n) is 5.62. The molecule has 2 atom stereocenters. The van der Waals surface area contributed by atoms with E-state index in [0.717, 1.165) is 25.3 Å². The van der Waals surface area contributed by atoms with Crippen LogP contribution < -0.4 is 15.5 Å². The third-order valence-corrected chi connectivity index (χ3v) is 5.86. The number of carbonyl (C=O) groups is 1. The zero-order chi connectivity index (χ0) is 22.9. The molecule has 4 rings (SSSR count). The van der Waals surface area contributed by atoms with Crippen LogP contribution in [-0.2, 0) is 6.18 Å². The third kappa shape index (κ3) is 4.93. The van der Waals surface area contributed by atoms with Gasteiger partial charge in [-0.3, -0.25) is 4.90 Å². The minimum atomic E-state index is -4.56. The normalized spacial score (nSPS) is 19.0. The predicted molar refractivity (Wildman–Crippen MR) is 117 cm³/mol. The number of alkyl halides is 3. The zero-order valence-corrected chi connectivity index (χ0v) is 18.0. The first-order chi connectivity index (χ1) is 15.2. The second-order valence-corrected chi connectivity index (χ2v) is 8.35. The summed E-state index contributed by atoms with van der Waals surface area (Å²) < 4.78 is 45.1. The highest BCUT2D eigenvalue weighted by Crippen LogP contribution is 2.35. The van der Waals surface area contributed by atoms with Crippen molar-refractivity contribution in [3.05, 3.63) is 53.6 Å². The van der Waals surface area contributed by atoms with E-state index in [9.17, 15) is 18.0 Å². The minimum Gasteiger partial charge on any atom is -0.470 e. The molecule has 2 heterocycles. The highest BCUT2D eigenvalue weighted by molar-refractivity contribution is 6.31. The summed E-state index contributed by atoms with van der Waals surface area (Å²) in [6.07, 6.45) is 1.37. The Morgan fingerprint density at radius 1 is 1.22 bits per heavy atom. The first-order valence-corrected chi connectivity index (χ1v) is 10.6. The smallest absolute Gasteiger partial charge is 0.433 e. The molecule has 0 radical (unpaired) electrons. The number of amides is 2. The van der Waals surface area contributed by atoms with Gasteiger partial charge in [-0.2, -0.15) is 13.2 Å². The molecular weight excluding hydrogens is 445 g/mol. The first-order valence-electron chi connectivity index (χ1n) is 10.2. The van der Waals surface area contributed by atoms with E-state index in [4.69, 9.17) is 16.0 Å². The van der Waals surface area contributed by atoms with Crippen molar-refractivity contribution in [1.82, 2.24) is 10.3 Å². The predicted octanol–water partition coefficient (Wildman–Crippen LogP) is 6.07. The molecule has 0 unspecified atom stereocenters. The highest BCUT2D eigenvalue weighted by atomic mass is 35.5. The Labute approximate surface area is 187 Å². The summed E-state index contributed by atoms with van der Waals surface area (Å²) >= 11 is 6.08. The Morgan fingerprint density at radius 2 is 2.00 bits per heavy atom. The molecule has 3 aromatic rings. The molecule has 0 bridgehead atoms. The Morgan fingerprint density at radius 3 is 2.72 bits per heavy atom. The summed E-state index contributed by atoms with van der Waals surface area (Å²) in [7, 11) is 1.64. The van der Waals surface area contributed by atoms with E-state index in [0.29, 0.717) is 28.2 Å². The number of nitrogens with one attached hydrogen (secondary N) is 2. The number of hydrogen-bond acceptors (Lipinski definition) is 4. The van der Waals surface area contributed by atoms with Crippen molar-refractivity contribution < 1.29 is 22.4 Å². The Balaban J connectivity index is 1.51. The summed E-state index contributed by atoms with van der Waals surface area (Å²) in [6, 6.07) is 6.82. The van der Waals surface area contributed by atoms with Crippen LogP contribution in [0.2, 0.25) is 5.02 Å². The molecule has 0 aliphatic heterocycles. The number of aromatic nitrogens is 1. The molecule has 1 fully saturated rings. The molecule has 1 aliphatic rings. The van der Waals surface area contributed by atoms with E-state index in [-0.39, 0.29) is 23.6 Å². The van der Waals surface area contributed by atoms with E-state index >= 15 is 0 Å². The largest absolute Gasteiger partial charge is 0.470 e. The fraction of sp³-hybridized carbons (Fsp3) is 0.364. The number of halogens is 4. The number of hydrogen-bond donors (Lipinski definition) is 2. The lowest BCUT2D eigenvalue weighted by molar-refractivity contribution is -0.140. The Hall–Kier alpha value is -2.94. The van der Waals surface area contributed by atoms with Crippen molar-refractivity contribution in [2.75, 3.05) is 17.3 Å². The molecule has 2 amide bonds. The van der Waals surface area contributed by atoms with E-state index < -0.39 is 11.9 Å². The van der Waals surface area contributed by atoms with Gasteiger partial charge in [-0.25, -0.2) is 9.78 Å². The number of furan rings is 1. The summed E-state index contributed by atoms with van der Waals surface area (Å²) in [5.74, 6) is 0. The number of benzene rings is 1. The standard InChI is InChI=1S/C22H22ClF3N4O2/c1-30(16-7-8-32-12-16)21(31)28-15-4-2-3-14(10-15)27-19-11-20(22(24,25)26)29-18-6-5-13(23)9-17(18)19/h5-9,11-12,14-15H,2-4,10H2,1H3,(H,27,29)(H,28,31)/t14-,15+/m0/s1. The van der Waals surface area contributed by atoms with Gasteiger partial charge in [-0.05, 0) is 49.9 Å². The van der Waals surface area contributed by atoms with Gasteiger partial charge in [-0.15, -0.1) is 0 Å². The average Bonchev–Trinajstić information content (AvgIpc) is 3.28. The quantitative estimate of drug-likeness (QED) is 0.489. The summed E-state index contributed by atoms with van der Waals surface area (Å²) in [5, 5.41) is 7.18. The second kappa shape index (κ2) is 8.90. The van der Waals surface area contributed by atoms with Crippen LogP contribution in [-0.4, -0.2) is 30.1 Å². The fourth-order valence-corrected chi connectivity index (χ4v) is 4.14. The lowest BCUT2D eigenvalue weighted by Crippen LogP contribution is -2.46. The molecular formula is C22H22ClF3N4O2. The molecule has 0 saturated heterocycles. The molecule has 6 nitrogen and oxygen atoms in total. The average molecular weight is 467 g/mol.